The van der Waals surface area contributed by atoms with E-state index in [-0.39, 0.29) is 0 Å². The van der Waals surface area contributed by atoms with Crippen molar-refractivity contribution in [2.24, 2.45) is 0 Å². The molecule has 0 saturated carbocycles. The van der Waals surface area contributed by atoms with Crippen molar-refractivity contribution < 1.29 is 49.8 Å². The summed E-state index contributed by atoms with van der Waals surface area (Å²) >= 11 is 0. The van der Waals surface area contributed by atoms with Crippen molar-refractivity contribution in [3.05, 3.63) is 11.9 Å². The molecule has 0 spiro atoms. The number of allylic oxidation sites excluding steroid dienone is 1. The molecule has 0 aliphatic rings. The third kappa shape index (κ3) is 4.47. The number of alkyl halides is 7. The Balaban J connectivity index is 5.11. The molecule has 0 aromatic heterocycles. The number of ether oxygens (including phenoxy) is 1. The summed E-state index contributed by atoms with van der Waals surface area (Å²) in [7, 11) is 0. The average molecular weight is 288 g/mol. The molecule has 11 heteroatoms. The van der Waals surface area contributed by atoms with Crippen molar-refractivity contribution in [1.29, 1.82) is 0 Å². The predicted molar refractivity (Wildman–Crippen MR) is 38.7 cm³/mol. The van der Waals surface area contributed by atoms with Crippen LogP contribution in [0.4, 0.5) is 35.1 Å². The van der Waals surface area contributed by atoms with E-state index in [2.05, 4.69) is 4.74 Å². The summed E-state index contributed by atoms with van der Waals surface area (Å²) in [5.41, 5.74) is 0. The normalized spacial score (nSPS) is 14.8. The Bertz CT molecular complexity index is 345. The van der Waals surface area contributed by atoms with E-state index in [9.17, 15) is 39.9 Å². The molecule has 18 heavy (non-hydrogen) atoms. The summed E-state index contributed by atoms with van der Waals surface area (Å²) in [6.45, 7) is -1.94. The van der Waals surface area contributed by atoms with Crippen molar-refractivity contribution in [1.82, 2.24) is 0 Å². The Hall–Kier alpha value is -1.39. The minimum atomic E-state index is -5.95. The maximum Gasteiger partial charge on any atom is 0.426 e. The summed E-state index contributed by atoms with van der Waals surface area (Å²) in [5.74, 6) is -11.5. The Morgan fingerprint density at radius 3 is 1.89 bits per heavy atom. The van der Waals surface area contributed by atoms with Gasteiger partial charge in [-0.2, -0.15) is 30.7 Å². The third-order valence-corrected chi connectivity index (χ3v) is 1.33. The van der Waals surface area contributed by atoms with Crippen molar-refractivity contribution in [3.63, 3.8) is 0 Å². The van der Waals surface area contributed by atoms with E-state index in [4.69, 9.17) is 5.11 Å². The largest absolute Gasteiger partial charge is 0.480 e. The van der Waals surface area contributed by atoms with Gasteiger partial charge in [0.1, 0.15) is 0 Å². The van der Waals surface area contributed by atoms with E-state index in [1.807, 2.05) is 0 Å². The zero-order valence-electron chi connectivity index (χ0n) is 8.07. The van der Waals surface area contributed by atoms with Crippen LogP contribution in [-0.4, -0.2) is 35.9 Å². The minimum absolute atomic E-state index is 1.68. The molecular formula is C7H4F8O3. The Kier molecular flexibility index (Phi) is 4.69. The summed E-state index contributed by atoms with van der Waals surface area (Å²) in [6.07, 6.45) is -13.0. The smallest absolute Gasteiger partial charge is 0.426 e. The lowest BCUT2D eigenvalue weighted by molar-refractivity contribution is -0.336. The van der Waals surface area contributed by atoms with E-state index < -0.39 is 42.7 Å². The maximum atomic E-state index is 12.6. The lowest BCUT2D eigenvalue weighted by Crippen LogP contribution is -2.44. The Morgan fingerprint density at radius 2 is 1.56 bits per heavy atom. The molecule has 0 bridgehead atoms. The zero-order chi connectivity index (χ0) is 14.8. The van der Waals surface area contributed by atoms with Crippen LogP contribution < -0.4 is 0 Å². The second kappa shape index (κ2) is 5.08. The van der Waals surface area contributed by atoms with Crippen LogP contribution in [0, 0.1) is 0 Å². The monoisotopic (exact) mass is 288 g/mol. The number of rotatable bonds is 5. The molecule has 0 amide bonds. The van der Waals surface area contributed by atoms with Crippen LogP contribution in [0.25, 0.3) is 0 Å². The number of carboxylic acids is 1. The fraction of sp³-hybridized carbons (Fsp3) is 0.571. The summed E-state index contributed by atoms with van der Waals surface area (Å²) in [4.78, 5) is 9.78. The van der Waals surface area contributed by atoms with Gasteiger partial charge in [-0.25, -0.2) is 9.18 Å². The van der Waals surface area contributed by atoms with E-state index in [1.165, 1.54) is 0 Å². The minimum Gasteiger partial charge on any atom is -0.480 e. The van der Waals surface area contributed by atoms with Crippen LogP contribution in [0.15, 0.2) is 11.9 Å². The molecule has 0 heterocycles. The van der Waals surface area contributed by atoms with Crippen LogP contribution >= 0.6 is 0 Å². The molecule has 0 saturated heterocycles. The number of halogens is 8. The van der Waals surface area contributed by atoms with Gasteiger partial charge in [0.2, 0.25) is 0 Å². The molecule has 0 radical (unpaired) electrons. The second-order valence-corrected chi connectivity index (χ2v) is 2.81. The molecule has 1 N–H and O–H groups in total. The summed E-state index contributed by atoms with van der Waals surface area (Å²) in [5, 5.41) is 7.88. The average Bonchev–Trinajstić information content (AvgIpc) is 2.11. The molecule has 0 aromatic rings. The van der Waals surface area contributed by atoms with Gasteiger partial charge in [-0.1, -0.05) is 0 Å². The summed E-state index contributed by atoms with van der Waals surface area (Å²) in [6, 6.07) is 0. The molecule has 0 unspecified atom stereocenters. The lowest BCUT2D eigenvalue weighted by Gasteiger charge is -2.24. The van der Waals surface area contributed by atoms with Crippen LogP contribution in [0.5, 0.6) is 0 Å². The van der Waals surface area contributed by atoms with Gasteiger partial charge in [0.25, 0.3) is 0 Å². The highest BCUT2D eigenvalue weighted by Gasteiger charge is 2.62. The van der Waals surface area contributed by atoms with Gasteiger partial charge in [-0.05, 0) is 0 Å². The number of aliphatic carboxylic acids is 1. The highest BCUT2D eigenvalue weighted by molar-refractivity contribution is 5.68. The quantitative estimate of drug-likeness (QED) is 0.791. The van der Waals surface area contributed by atoms with Crippen molar-refractivity contribution >= 4 is 5.97 Å². The van der Waals surface area contributed by atoms with E-state index in [0.29, 0.717) is 0 Å². The van der Waals surface area contributed by atoms with Gasteiger partial charge in [0.05, 0.1) is 6.08 Å². The molecule has 0 fully saturated rings. The van der Waals surface area contributed by atoms with Gasteiger partial charge >= 0.3 is 24.2 Å². The predicted octanol–water partition coefficient (Wildman–Crippen LogP) is 2.73. The highest BCUT2D eigenvalue weighted by Crippen LogP contribution is 2.42. The number of carboxylic acid groups (broad SMARTS) is 1. The molecule has 0 aliphatic heterocycles. The van der Waals surface area contributed by atoms with Gasteiger partial charge in [0.15, 0.2) is 12.4 Å². The first kappa shape index (κ1) is 16.6. The molecule has 106 valence electrons. The van der Waals surface area contributed by atoms with E-state index >= 15 is 0 Å². The number of carbonyl (C=O) groups is 1. The Morgan fingerprint density at radius 1 is 1.11 bits per heavy atom. The van der Waals surface area contributed by atoms with Crippen molar-refractivity contribution in [2.45, 2.75) is 18.2 Å². The first-order valence-corrected chi connectivity index (χ1v) is 3.86. The van der Waals surface area contributed by atoms with Gasteiger partial charge in [-0.15, -0.1) is 0 Å². The third-order valence-electron chi connectivity index (χ3n) is 1.33. The molecule has 3 nitrogen and oxygen atoms in total. The van der Waals surface area contributed by atoms with E-state index in [0.717, 1.165) is 0 Å². The molecule has 0 rings (SSSR count). The molecular weight excluding hydrogens is 284 g/mol. The van der Waals surface area contributed by atoms with Crippen LogP contribution in [-0.2, 0) is 9.53 Å². The SMILES string of the molecule is O=C(O)COC(F)(F)C(F)(F)/C(F)=C/C(F)(F)F. The topological polar surface area (TPSA) is 46.5 Å². The molecule has 0 aliphatic carbocycles. The van der Waals surface area contributed by atoms with Gasteiger partial charge in [0, 0.05) is 0 Å². The maximum absolute atomic E-state index is 12.6. The lowest BCUT2D eigenvalue weighted by atomic mass is 10.2. The van der Waals surface area contributed by atoms with Crippen LogP contribution in [0.3, 0.4) is 0 Å². The Labute approximate surface area is 93.6 Å². The standard InChI is InChI=1S/C7H4F8O3/c8-3(1-5(9,10)11)6(12,13)7(14,15)18-2-4(16)17/h1H,2H2,(H,16,17)/b3-1-. The summed E-state index contributed by atoms with van der Waals surface area (Å²) < 4.78 is 99.9. The first-order valence-electron chi connectivity index (χ1n) is 3.86. The fourth-order valence-corrected chi connectivity index (χ4v) is 0.616. The fourth-order valence-electron chi connectivity index (χ4n) is 0.616. The van der Waals surface area contributed by atoms with Crippen LogP contribution in [0.1, 0.15) is 0 Å². The van der Waals surface area contributed by atoms with Crippen LogP contribution in [0.2, 0.25) is 0 Å². The van der Waals surface area contributed by atoms with Gasteiger partial charge < -0.3 is 9.84 Å². The first-order chi connectivity index (χ1) is 7.79. The highest BCUT2D eigenvalue weighted by atomic mass is 19.4. The molecule has 0 atom stereocenters. The zero-order valence-corrected chi connectivity index (χ0v) is 8.07. The van der Waals surface area contributed by atoms with Crippen molar-refractivity contribution in [2.75, 3.05) is 6.61 Å². The number of hydrogen-bond donors (Lipinski definition) is 1. The van der Waals surface area contributed by atoms with E-state index in [1.54, 1.807) is 0 Å². The molecule has 0 aromatic carbocycles. The van der Waals surface area contributed by atoms with Gasteiger partial charge in [-0.3, -0.25) is 0 Å². The number of hydrogen-bond acceptors (Lipinski definition) is 2. The van der Waals surface area contributed by atoms with Crippen molar-refractivity contribution in [3.8, 4) is 0 Å². The second-order valence-electron chi connectivity index (χ2n) is 2.81.